The number of aromatic nitrogens is 1. The van der Waals surface area contributed by atoms with E-state index in [0.29, 0.717) is 16.0 Å². The van der Waals surface area contributed by atoms with Gasteiger partial charge in [0.25, 0.3) is 0 Å². The standard InChI is InChI=1S/C27H28F2N4O10/c1-12(2)24(37)40-14(4)41-26(39)32-20-10-15(7-8-30-20)9-17-21(23(35)36)33(22(17)34)25(38)31-13(3)16-5-6-18-19(11-16)43-27(28,29)42-18/h5-8,10-14,17,21H,9H2,1-4H3,(H,31,38)(H,35,36)(H,30,32,39)/t13-,14?,17?,21+/m1/s1. The van der Waals surface area contributed by atoms with E-state index in [1.807, 2.05) is 0 Å². The van der Waals surface area contributed by atoms with E-state index in [-0.39, 0.29) is 23.7 Å². The summed E-state index contributed by atoms with van der Waals surface area (Å²) in [6, 6.07) is 3.47. The summed E-state index contributed by atoms with van der Waals surface area (Å²) >= 11 is 0. The van der Waals surface area contributed by atoms with Crippen LogP contribution in [0.15, 0.2) is 36.5 Å². The second-order valence-corrected chi connectivity index (χ2v) is 10.1. The number of rotatable bonds is 9. The van der Waals surface area contributed by atoms with Crippen LogP contribution in [-0.4, -0.2) is 63.6 Å². The van der Waals surface area contributed by atoms with Gasteiger partial charge in [0.1, 0.15) is 5.82 Å². The smallest absolute Gasteiger partial charge is 0.480 e. The van der Waals surface area contributed by atoms with Crippen molar-refractivity contribution < 1.29 is 56.8 Å². The Balaban J connectivity index is 1.36. The van der Waals surface area contributed by atoms with Gasteiger partial charge in [-0.1, -0.05) is 19.9 Å². The number of carbonyl (C=O) groups excluding carboxylic acids is 4. The molecule has 1 fully saturated rings. The molecule has 2 aliphatic heterocycles. The molecule has 16 heteroatoms. The average Bonchev–Trinajstić information content (AvgIpc) is 3.22. The number of pyridine rings is 1. The van der Waals surface area contributed by atoms with Crippen molar-refractivity contribution in [2.45, 2.75) is 58.8 Å². The Bertz CT molecular complexity index is 1450. The van der Waals surface area contributed by atoms with Crippen LogP contribution < -0.4 is 20.1 Å². The summed E-state index contributed by atoms with van der Waals surface area (Å²) in [5.41, 5.74) is 0.771. The number of esters is 1. The first kappa shape index (κ1) is 30.9. The number of nitrogens with zero attached hydrogens (tertiary/aromatic N) is 2. The highest BCUT2D eigenvalue weighted by Gasteiger charge is 2.55. The number of likely N-dealkylation sites (tertiary alicyclic amines) is 1. The molecule has 2 aliphatic rings. The highest BCUT2D eigenvalue weighted by Crippen LogP contribution is 2.42. The molecule has 2 unspecified atom stereocenters. The van der Waals surface area contributed by atoms with Gasteiger partial charge in [0, 0.05) is 13.1 Å². The van der Waals surface area contributed by atoms with Crippen LogP contribution in [0, 0.1) is 11.8 Å². The highest BCUT2D eigenvalue weighted by atomic mass is 19.3. The minimum Gasteiger partial charge on any atom is -0.480 e. The van der Waals surface area contributed by atoms with E-state index < -0.39 is 66.5 Å². The molecule has 4 amide bonds. The number of ether oxygens (including phenoxy) is 4. The van der Waals surface area contributed by atoms with Gasteiger partial charge in [-0.15, -0.1) is 8.78 Å². The molecule has 3 N–H and O–H groups in total. The van der Waals surface area contributed by atoms with Gasteiger partial charge in [-0.3, -0.25) is 14.9 Å². The van der Waals surface area contributed by atoms with Crippen molar-refractivity contribution in [3.63, 3.8) is 0 Å². The van der Waals surface area contributed by atoms with E-state index in [1.54, 1.807) is 13.8 Å². The number of fused-ring (bicyclic) bond motifs is 1. The molecule has 2 aromatic rings. The minimum atomic E-state index is -3.82. The van der Waals surface area contributed by atoms with E-state index >= 15 is 0 Å². The van der Waals surface area contributed by atoms with Crippen molar-refractivity contribution >= 4 is 35.8 Å². The van der Waals surface area contributed by atoms with Gasteiger partial charge >= 0.3 is 30.4 Å². The number of β-lactam (4-membered cyclic amide) rings is 1. The first-order chi connectivity index (χ1) is 20.1. The van der Waals surface area contributed by atoms with Crippen molar-refractivity contribution in [2.24, 2.45) is 11.8 Å². The Morgan fingerprint density at radius 3 is 2.44 bits per heavy atom. The molecule has 0 radical (unpaired) electrons. The molecule has 0 spiro atoms. The zero-order valence-electron chi connectivity index (χ0n) is 23.3. The number of amides is 4. The number of aliphatic carboxylic acids is 1. The summed E-state index contributed by atoms with van der Waals surface area (Å²) in [7, 11) is 0. The lowest BCUT2D eigenvalue weighted by molar-refractivity contribution is -0.286. The number of urea groups is 1. The fourth-order valence-electron chi connectivity index (χ4n) is 4.36. The van der Waals surface area contributed by atoms with Crippen LogP contribution in [0.3, 0.4) is 0 Å². The van der Waals surface area contributed by atoms with Crippen molar-refractivity contribution in [1.82, 2.24) is 15.2 Å². The van der Waals surface area contributed by atoms with Crippen molar-refractivity contribution in [3.05, 3.63) is 47.7 Å². The third-order valence-corrected chi connectivity index (χ3v) is 6.49. The van der Waals surface area contributed by atoms with Crippen molar-refractivity contribution in [3.8, 4) is 11.5 Å². The normalized spacial score (nSPS) is 19.6. The predicted molar refractivity (Wildman–Crippen MR) is 140 cm³/mol. The summed E-state index contributed by atoms with van der Waals surface area (Å²) in [6.07, 6.45) is -4.74. The third kappa shape index (κ3) is 7.07. The third-order valence-electron chi connectivity index (χ3n) is 6.49. The molecule has 3 heterocycles. The lowest BCUT2D eigenvalue weighted by atomic mass is 9.82. The number of alkyl halides is 2. The number of hydrogen-bond donors (Lipinski definition) is 3. The molecule has 4 rings (SSSR count). The number of carbonyl (C=O) groups is 5. The maximum atomic E-state index is 13.3. The molecule has 4 atom stereocenters. The molecule has 14 nitrogen and oxygen atoms in total. The molecule has 0 bridgehead atoms. The number of imide groups is 1. The number of halogens is 2. The van der Waals surface area contributed by atoms with E-state index in [4.69, 9.17) is 9.47 Å². The Kier molecular flexibility index (Phi) is 8.68. The maximum Gasteiger partial charge on any atom is 0.586 e. The molecule has 1 aromatic carbocycles. The fourth-order valence-corrected chi connectivity index (χ4v) is 4.36. The van der Waals surface area contributed by atoms with E-state index in [1.165, 1.54) is 50.4 Å². The quantitative estimate of drug-likeness (QED) is 0.216. The summed E-state index contributed by atoms with van der Waals surface area (Å²) in [4.78, 5) is 66.2. The van der Waals surface area contributed by atoms with Crippen LogP contribution in [0.2, 0.25) is 0 Å². The average molecular weight is 607 g/mol. The van der Waals surface area contributed by atoms with Gasteiger partial charge in [0.15, 0.2) is 17.5 Å². The predicted octanol–water partition coefficient (Wildman–Crippen LogP) is 3.42. The van der Waals surface area contributed by atoms with Gasteiger partial charge in [0.05, 0.1) is 17.9 Å². The molecule has 43 heavy (non-hydrogen) atoms. The van der Waals surface area contributed by atoms with Gasteiger partial charge in [-0.25, -0.2) is 24.3 Å². The Morgan fingerprint density at radius 2 is 1.77 bits per heavy atom. The Hall–Kier alpha value is -5.02. The lowest BCUT2D eigenvalue weighted by Gasteiger charge is -2.43. The Morgan fingerprint density at radius 1 is 1.07 bits per heavy atom. The number of nitrogens with one attached hydrogen (secondary N) is 2. The maximum absolute atomic E-state index is 13.3. The minimum absolute atomic E-state index is 0.0217. The lowest BCUT2D eigenvalue weighted by Crippen LogP contribution is -2.68. The summed E-state index contributed by atoms with van der Waals surface area (Å²) in [5.74, 6) is -4.67. The van der Waals surface area contributed by atoms with Crippen LogP contribution >= 0.6 is 0 Å². The Labute approximate surface area is 243 Å². The molecular formula is C27H28F2N4O10. The first-order valence-electron chi connectivity index (χ1n) is 13.0. The van der Waals surface area contributed by atoms with Crippen molar-refractivity contribution in [2.75, 3.05) is 5.32 Å². The summed E-state index contributed by atoms with van der Waals surface area (Å²) < 4.78 is 45.3. The zero-order valence-corrected chi connectivity index (χ0v) is 23.3. The number of anilines is 1. The number of carboxylic acid groups (broad SMARTS) is 1. The van der Waals surface area contributed by atoms with E-state index in [9.17, 15) is 37.9 Å². The van der Waals surface area contributed by atoms with Crippen molar-refractivity contribution in [1.29, 1.82) is 0 Å². The van der Waals surface area contributed by atoms with Crippen LogP contribution in [0.25, 0.3) is 0 Å². The van der Waals surface area contributed by atoms with Crippen LogP contribution in [0.5, 0.6) is 11.5 Å². The van der Waals surface area contributed by atoms with Crippen LogP contribution in [0.4, 0.5) is 24.2 Å². The van der Waals surface area contributed by atoms with Crippen LogP contribution in [-0.2, 0) is 30.3 Å². The SMILES string of the molecule is CC(OC(=O)Nc1cc(CC2C(=O)N(C(=O)N[C@H](C)c3ccc4c(c3)OC(F)(F)O4)[C@@H]2C(=O)O)ccn1)OC(=O)C(C)C. The van der Waals surface area contributed by atoms with Crippen LogP contribution in [0.1, 0.15) is 44.9 Å². The number of carboxylic acids is 1. The fraction of sp³-hybridized carbons (Fsp3) is 0.407. The van der Waals surface area contributed by atoms with Gasteiger partial charge in [0.2, 0.25) is 12.2 Å². The van der Waals surface area contributed by atoms with E-state index in [2.05, 4.69) is 25.1 Å². The molecular weight excluding hydrogens is 578 g/mol. The largest absolute Gasteiger partial charge is 0.586 e. The molecule has 0 saturated carbocycles. The zero-order chi connectivity index (χ0) is 31.6. The second kappa shape index (κ2) is 12.1. The summed E-state index contributed by atoms with van der Waals surface area (Å²) in [5, 5.41) is 14.6. The molecule has 1 saturated heterocycles. The molecule has 0 aliphatic carbocycles. The van der Waals surface area contributed by atoms with Gasteiger partial charge in [-0.2, -0.15) is 0 Å². The first-order valence-corrected chi connectivity index (χ1v) is 13.0. The van der Waals surface area contributed by atoms with Gasteiger partial charge < -0.3 is 29.4 Å². The summed E-state index contributed by atoms with van der Waals surface area (Å²) in [6.45, 7) is 6.10. The molecule has 1 aromatic heterocycles. The number of hydrogen-bond acceptors (Lipinski definition) is 10. The highest BCUT2D eigenvalue weighted by molar-refractivity contribution is 6.07. The second-order valence-electron chi connectivity index (χ2n) is 10.1. The topological polar surface area (TPSA) is 183 Å². The number of benzene rings is 1. The monoisotopic (exact) mass is 606 g/mol. The van der Waals surface area contributed by atoms with Gasteiger partial charge in [-0.05, 0) is 48.7 Å². The van der Waals surface area contributed by atoms with E-state index in [0.717, 1.165) is 0 Å². The molecule has 230 valence electrons.